The molecule has 0 aromatic heterocycles. The largest absolute Gasteiger partial charge is 0.491 e. The molecule has 1 saturated carbocycles. The van der Waals surface area contributed by atoms with Gasteiger partial charge in [0.2, 0.25) is 0 Å². The van der Waals surface area contributed by atoms with Crippen molar-refractivity contribution in [1.82, 2.24) is 0 Å². The highest BCUT2D eigenvalue weighted by atomic mass is 16.5. The number of benzene rings is 1. The number of carboxylic acid groups (broad SMARTS) is 1. The van der Waals surface area contributed by atoms with Gasteiger partial charge in [0.05, 0.1) is 6.10 Å². The summed E-state index contributed by atoms with van der Waals surface area (Å²) < 4.78 is 6.16. The summed E-state index contributed by atoms with van der Waals surface area (Å²) in [6, 6.07) is 8.95. The summed E-state index contributed by atoms with van der Waals surface area (Å²) in [6.07, 6.45) is 20.7. The third kappa shape index (κ3) is 11.4. The van der Waals surface area contributed by atoms with Gasteiger partial charge in [-0.2, -0.15) is 0 Å². The summed E-state index contributed by atoms with van der Waals surface area (Å²) >= 11 is 0. The van der Waals surface area contributed by atoms with E-state index in [9.17, 15) is 4.79 Å². The molecule has 0 saturated heterocycles. The van der Waals surface area contributed by atoms with Gasteiger partial charge in [-0.05, 0) is 81.4 Å². The first-order valence-electron chi connectivity index (χ1n) is 13.6. The third-order valence-corrected chi connectivity index (χ3v) is 7.25. The molecule has 1 aromatic carbocycles. The summed E-state index contributed by atoms with van der Waals surface area (Å²) in [4.78, 5) is 10.5. The van der Waals surface area contributed by atoms with Crippen LogP contribution < -0.4 is 4.74 Å². The van der Waals surface area contributed by atoms with E-state index < -0.39 is 5.97 Å². The molecule has 0 amide bonds. The molecule has 0 radical (unpaired) electrons. The lowest BCUT2D eigenvalue weighted by Gasteiger charge is -2.29. The van der Waals surface area contributed by atoms with Gasteiger partial charge < -0.3 is 9.84 Å². The van der Waals surface area contributed by atoms with Gasteiger partial charge >= 0.3 is 5.97 Å². The summed E-state index contributed by atoms with van der Waals surface area (Å²) in [7, 11) is 0. The minimum absolute atomic E-state index is 0.259. The second-order valence-corrected chi connectivity index (χ2v) is 10.1. The number of ether oxygens (including phenoxy) is 1. The number of hydrogen-bond donors (Lipinski definition) is 1. The van der Waals surface area contributed by atoms with E-state index in [0.29, 0.717) is 6.42 Å². The van der Waals surface area contributed by atoms with Crippen molar-refractivity contribution in [2.24, 2.45) is 5.92 Å². The molecule has 182 valence electrons. The molecule has 1 atom stereocenters. The Morgan fingerprint density at radius 1 is 0.906 bits per heavy atom. The number of hydrogen-bond acceptors (Lipinski definition) is 2. The van der Waals surface area contributed by atoms with Crippen LogP contribution in [0, 0.1) is 5.92 Å². The molecular weight excluding hydrogens is 396 g/mol. The van der Waals surface area contributed by atoms with Crippen molar-refractivity contribution in [3.8, 4) is 5.75 Å². The minimum atomic E-state index is -0.672. The molecule has 1 unspecified atom stereocenters. The molecular formula is C29H48O3. The molecule has 0 aliphatic heterocycles. The maximum absolute atomic E-state index is 10.5. The van der Waals surface area contributed by atoms with Crippen molar-refractivity contribution in [1.29, 1.82) is 0 Å². The number of unbranched alkanes of at least 4 members (excludes halogenated alkanes) is 8. The van der Waals surface area contributed by atoms with Crippen molar-refractivity contribution < 1.29 is 14.6 Å². The van der Waals surface area contributed by atoms with Crippen molar-refractivity contribution in [2.75, 3.05) is 0 Å². The number of carbonyl (C=O) groups is 1. The van der Waals surface area contributed by atoms with Gasteiger partial charge in [-0.3, -0.25) is 4.79 Å². The Morgan fingerprint density at radius 2 is 1.53 bits per heavy atom. The van der Waals surface area contributed by atoms with Crippen LogP contribution in [0.25, 0.3) is 0 Å². The Morgan fingerprint density at radius 3 is 2.16 bits per heavy atom. The average molecular weight is 445 g/mol. The van der Waals surface area contributed by atoms with Crippen LogP contribution in [-0.2, 0) is 4.79 Å². The smallest absolute Gasteiger partial charge is 0.303 e. The first-order chi connectivity index (χ1) is 15.6. The topological polar surface area (TPSA) is 46.5 Å². The summed E-state index contributed by atoms with van der Waals surface area (Å²) in [6.45, 7) is 4.47. The quantitative estimate of drug-likeness (QED) is 0.244. The summed E-state index contributed by atoms with van der Waals surface area (Å²) in [5.74, 6) is 2.05. The molecule has 1 fully saturated rings. The van der Waals surface area contributed by atoms with Gasteiger partial charge in [0, 0.05) is 6.42 Å². The van der Waals surface area contributed by atoms with Crippen LogP contribution in [0.3, 0.4) is 0 Å². The van der Waals surface area contributed by atoms with Gasteiger partial charge in [0.1, 0.15) is 5.75 Å². The van der Waals surface area contributed by atoms with E-state index in [0.717, 1.165) is 43.3 Å². The van der Waals surface area contributed by atoms with E-state index >= 15 is 0 Å². The molecule has 0 spiro atoms. The lowest BCUT2D eigenvalue weighted by atomic mass is 9.77. The maximum atomic E-state index is 10.5. The van der Waals surface area contributed by atoms with E-state index in [1.54, 1.807) is 0 Å². The van der Waals surface area contributed by atoms with Crippen LogP contribution in [0.15, 0.2) is 24.3 Å². The maximum Gasteiger partial charge on any atom is 0.303 e. The van der Waals surface area contributed by atoms with E-state index in [2.05, 4.69) is 38.1 Å². The monoisotopic (exact) mass is 444 g/mol. The lowest BCUT2D eigenvalue weighted by Crippen LogP contribution is -2.14. The molecule has 1 aliphatic carbocycles. The van der Waals surface area contributed by atoms with Crippen LogP contribution in [0.5, 0.6) is 5.75 Å². The van der Waals surface area contributed by atoms with Crippen LogP contribution in [0.1, 0.15) is 134 Å². The van der Waals surface area contributed by atoms with Gasteiger partial charge in [-0.15, -0.1) is 0 Å². The normalized spacial score (nSPS) is 19.6. The fourth-order valence-corrected chi connectivity index (χ4v) is 5.17. The molecule has 32 heavy (non-hydrogen) atoms. The fourth-order valence-electron chi connectivity index (χ4n) is 5.17. The van der Waals surface area contributed by atoms with E-state index in [-0.39, 0.29) is 6.10 Å². The Balaban J connectivity index is 1.55. The molecule has 0 bridgehead atoms. The van der Waals surface area contributed by atoms with E-state index in [1.165, 1.54) is 82.6 Å². The van der Waals surface area contributed by atoms with E-state index in [4.69, 9.17) is 9.84 Å². The predicted octanol–water partition coefficient (Wildman–Crippen LogP) is 8.90. The second-order valence-electron chi connectivity index (χ2n) is 10.1. The predicted molar refractivity (Wildman–Crippen MR) is 135 cm³/mol. The third-order valence-electron chi connectivity index (χ3n) is 7.25. The minimum Gasteiger partial charge on any atom is -0.491 e. The summed E-state index contributed by atoms with van der Waals surface area (Å²) in [5, 5.41) is 8.64. The first-order valence-corrected chi connectivity index (χ1v) is 13.6. The Hall–Kier alpha value is -1.51. The van der Waals surface area contributed by atoms with Gasteiger partial charge in [0.25, 0.3) is 0 Å². The SMILES string of the molecule is CCCCCC1CCC(c2ccc(OC(C)CCCCCCCCCC(=O)O)cc2)CC1. The zero-order valence-electron chi connectivity index (χ0n) is 20.8. The number of carboxylic acids is 1. The highest BCUT2D eigenvalue weighted by molar-refractivity contribution is 5.66. The van der Waals surface area contributed by atoms with E-state index in [1.807, 2.05) is 0 Å². The van der Waals surface area contributed by atoms with Crippen molar-refractivity contribution in [2.45, 2.75) is 135 Å². The van der Waals surface area contributed by atoms with Crippen LogP contribution in [0.2, 0.25) is 0 Å². The Kier molecular flexibility index (Phi) is 13.5. The summed E-state index contributed by atoms with van der Waals surface area (Å²) in [5.41, 5.74) is 1.50. The van der Waals surface area contributed by atoms with Crippen LogP contribution in [0.4, 0.5) is 0 Å². The highest BCUT2D eigenvalue weighted by Crippen LogP contribution is 2.38. The number of aliphatic carboxylic acids is 1. The number of rotatable bonds is 17. The van der Waals surface area contributed by atoms with Crippen LogP contribution >= 0.6 is 0 Å². The second kappa shape index (κ2) is 16.2. The van der Waals surface area contributed by atoms with Crippen LogP contribution in [-0.4, -0.2) is 17.2 Å². The molecule has 0 heterocycles. The van der Waals surface area contributed by atoms with Crippen molar-refractivity contribution >= 4 is 5.97 Å². The zero-order valence-corrected chi connectivity index (χ0v) is 20.8. The van der Waals surface area contributed by atoms with Gasteiger partial charge in [0.15, 0.2) is 0 Å². The fraction of sp³-hybridized carbons (Fsp3) is 0.759. The molecule has 3 heteroatoms. The van der Waals surface area contributed by atoms with Gasteiger partial charge in [-0.25, -0.2) is 0 Å². The molecule has 2 rings (SSSR count). The van der Waals surface area contributed by atoms with Crippen molar-refractivity contribution in [3.05, 3.63) is 29.8 Å². The standard InChI is InChI=1S/C29H48O3/c1-3-4-10-14-25-16-18-26(19-17-25)27-20-22-28(23-21-27)32-24(2)13-11-8-6-5-7-9-12-15-29(30)31/h20-26H,3-19H2,1-2H3,(H,30,31). The highest BCUT2D eigenvalue weighted by Gasteiger charge is 2.22. The van der Waals surface area contributed by atoms with Crippen molar-refractivity contribution in [3.63, 3.8) is 0 Å². The molecule has 1 N–H and O–H groups in total. The first kappa shape index (κ1) is 26.7. The molecule has 1 aliphatic rings. The Labute approximate surface area is 197 Å². The molecule has 3 nitrogen and oxygen atoms in total. The Bertz CT molecular complexity index is 601. The van der Waals surface area contributed by atoms with Gasteiger partial charge in [-0.1, -0.05) is 76.8 Å². The molecule has 1 aromatic rings. The average Bonchev–Trinajstić information content (AvgIpc) is 2.79. The lowest BCUT2D eigenvalue weighted by molar-refractivity contribution is -0.137. The zero-order chi connectivity index (χ0) is 23.0.